The first-order valence-corrected chi connectivity index (χ1v) is 0. The molecule has 0 aliphatic carbocycles. The van der Waals surface area contributed by atoms with E-state index in [1.807, 2.05) is 0 Å². The van der Waals surface area contributed by atoms with Crippen LogP contribution in [0.25, 0.3) is 0 Å². The maximum atomic E-state index is 0. The molecular formula is HGe7K3O16. The first-order chi connectivity index (χ1) is 0. The molecule has 0 aromatic heterocycles. The van der Waals surface area contributed by atoms with Crippen molar-refractivity contribution in [2.75, 3.05) is 0 Å². The van der Waals surface area contributed by atoms with E-state index in [0.29, 0.717) is 0 Å². The molecule has 0 rings (SSSR count). The third-order valence-electron chi connectivity index (χ3n) is 0. The molecule has 1 N–H and O–H groups in total. The van der Waals surface area contributed by atoms with E-state index in [9.17, 15) is 0 Å². The summed E-state index contributed by atoms with van der Waals surface area (Å²) in [6.07, 6.45) is 0. The van der Waals surface area contributed by atoms with Crippen LogP contribution >= 0.6 is 0 Å². The average molecular weight is 883 g/mol. The minimum atomic E-state index is 0. The molecule has 0 saturated heterocycles. The topological polar surface area (TPSA) is 458 Å². The standard InChI is InChI=1S/7Ge.3K.H2O.15O/h;;;;;;;;;;1H2;;;;;;;;;;;;;;;/q7*+4;3*+1;;15*-2/p-1. The van der Waals surface area contributed by atoms with Crippen LogP contribution in [-0.2, 0) is 82.1 Å². The molecule has 0 bridgehead atoms. The average Bonchev–Trinajstić information content (AvgIpc) is 0. The number of rotatable bonds is 0. The van der Waals surface area contributed by atoms with Crippen LogP contribution in [0.15, 0.2) is 0 Å². The minimum Gasteiger partial charge on any atom is -2.00 e. The van der Waals surface area contributed by atoms with Gasteiger partial charge in [0.1, 0.15) is 0 Å². The largest absolute Gasteiger partial charge is 4.00 e. The van der Waals surface area contributed by atoms with Gasteiger partial charge in [-0.05, 0) is 0 Å². The molecule has 0 aliphatic heterocycles. The number of hydrogen-bond donors (Lipinski definition) is 0. The van der Waals surface area contributed by atoms with Crippen molar-refractivity contribution in [3.8, 4) is 0 Å². The fourth-order valence-corrected chi connectivity index (χ4v) is 0. The second kappa shape index (κ2) is 522. The molecule has 0 atom stereocenters. The Labute approximate surface area is 356 Å². The van der Waals surface area contributed by atoms with E-state index in [4.69, 9.17) is 0 Å². The van der Waals surface area contributed by atoms with Crippen LogP contribution in [0.3, 0.4) is 0 Å². The summed E-state index contributed by atoms with van der Waals surface area (Å²) in [5, 5.41) is 0. The van der Waals surface area contributed by atoms with Crippen LogP contribution in [0.4, 0.5) is 0 Å². The fraction of sp³-hybridized carbons (Fsp3) is 0. The monoisotopic (exact) mass is 891 g/mol. The Kier molecular flexibility index (Phi) is 11500. The van der Waals surface area contributed by atoms with E-state index in [1.165, 1.54) is 0 Å². The smallest absolute Gasteiger partial charge is 2.00 e. The summed E-state index contributed by atoms with van der Waals surface area (Å²) in [5.41, 5.74) is 0. The molecule has 0 unspecified atom stereocenters. The Morgan fingerprint density at radius 1 is 0.154 bits per heavy atom. The molecule has 128 valence electrons. The van der Waals surface area contributed by atoms with Gasteiger partial charge in [0.15, 0.2) is 0 Å². The molecule has 0 aromatic carbocycles. The van der Waals surface area contributed by atoms with Gasteiger partial charge in [-0.2, -0.15) is 0 Å². The Balaban J connectivity index is 0. The van der Waals surface area contributed by atoms with Crippen LogP contribution in [-0.4, -0.2) is 129 Å². The van der Waals surface area contributed by atoms with Gasteiger partial charge in [0, 0.05) is 0 Å². The molecule has 26 heteroatoms. The normalized spacial score (nSPS) is 0. The molecule has 0 spiro atoms. The van der Waals surface area contributed by atoms with Gasteiger partial charge in [-0.3, -0.25) is 0 Å². The van der Waals surface area contributed by atoms with Gasteiger partial charge in [-0.15, -0.1) is 0 Å². The van der Waals surface area contributed by atoms with Gasteiger partial charge in [-0.25, -0.2) is 0 Å². The minimum absolute atomic E-state index is 0. The number of hydrogen-bond acceptors (Lipinski definition) is 1. The van der Waals surface area contributed by atoms with Crippen molar-refractivity contribution in [2.45, 2.75) is 0 Å². The predicted molar refractivity (Wildman–Crippen MR) is 52.5 cm³/mol. The van der Waals surface area contributed by atoms with Crippen molar-refractivity contribution in [3.63, 3.8) is 0 Å². The second-order valence-electron chi connectivity index (χ2n) is 0. The first-order valence-electron chi connectivity index (χ1n) is 0. The quantitative estimate of drug-likeness (QED) is 0.210. The fourth-order valence-electron chi connectivity index (χ4n) is 0. The van der Waals surface area contributed by atoms with Gasteiger partial charge >= 0.3 is 277 Å². The summed E-state index contributed by atoms with van der Waals surface area (Å²) in [7, 11) is 0. The molecule has 0 fully saturated rings. The molecule has 0 heterocycles. The molecule has 0 aliphatic rings. The van der Waals surface area contributed by atoms with E-state index in [1.54, 1.807) is 0 Å². The van der Waals surface area contributed by atoms with Gasteiger partial charge in [-0.1, -0.05) is 0 Å². The molecule has 16 nitrogen and oxygen atoms in total. The first kappa shape index (κ1) is 572. The zero-order valence-electron chi connectivity index (χ0n) is 13.1. The van der Waals surface area contributed by atoms with E-state index in [2.05, 4.69) is 0 Å². The van der Waals surface area contributed by atoms with E-state index in [-0.39, 0.29) is 365 Å². The van der Waals surface area contributed by atoms with Gasteiger partial charge in [0.25, 0.3) is 0 Å². The van der Waals surface area contributed by atoms with Crippen molar-refractivity contribution in [2.24, 2.45) is 0 Å². The summed E-state index contributed by atoms with van der Waals surface area (Å²) < 4.78 is 0. The molecule has 26 heavy (non-hydrogen) atoms. The third kappa shape index (κ3) is 475. The summed E-state index contributed by atoms with van der Waals surface area (Å²) in [6, 6.07) is 0. The van der Waals surface area contributed by atoms with Crippen LogP contribution < -0.4 is 154 Å². The van der Waals surface area contributed by atoms with Gasteiger partial charge in [0.05, 0.1) is 0 Å². The zero-order valence-corrected chi connectivity index (χ0v) is 37.1. The van der Waals surface area contributed by atoms with Crippen molar-refractivity contribution in [1.82, 2.24) is 0 Å². The summed E-state index contributed by atoms with van der Waals surface area (Å²) >= 11 is 0. The van der Waals surface area contributed by atoms with Crippen molar-refractivity contribution in [1.29, 1.82) is 0 Å². The Bertz CT molecular complexity index is 33.8. The van der Waals surface area contributed by atoms with Crippen LogP contribution in [0.5, 0.6) is 0 Å². The predicted octanol–water partition coefficient (Wildman–Crippen LogP) is -13.6. The van der Waals surface area contributed by atoms with Gasteiger partial charge < -0.3 is 87.6 Å². The Morgan fingerprint density at radius 2 is 0.154 bits per heavy atom. The van der Waals surface area contributed by atoms with E-state index < -0.39 is 0 Å². The van der Waals surface area contributed by atoms with Crippen molar-refractivity contribution < 1.29 is 242 Å². The van der Waals surface area contributed by atoms with Crippen LogP contribution in [0.2, 0.25) is 0 Å². The zero-order chi connectivity index (χ0) is 0. The van der Waals surface area contributed by atoms with Crippen molar-refractivity contribution >= 4 is 123 Å². The maximum absolute atomic E-state index is 0. The van der Waals surface area contributed by atoms with E-state index >= 15 is 0 Å². The summed E-state index contributed by atoms with van der Waals surface area (Å²) in [4.78, 5) is 0. The summed E-state index contributed by atoms with van der Waals surface area (Å²) in [6.45, 7) is 0. The molecule has 0 amide bonds. The Hall–Kier alpha value is 8.07. The molecule has 0 radical (unpaired) electrons. The molecule has 0 aromatic rings. The Morgan fingerprint density at radius 3 is 0.154 bits per heavy atom. The molecular weight excluding hydrogens is 882 g/mol. The van der Waals surface area contributed by atoms with Gasteiger partial charge in [0.2, 0.25) is 0 Å². The summed E-state index contributed by atoms with van der Waals surface area (Å²) in [5.74, 6) is 0. The van der Waals surface area contributed by atoms with Crippen LogP contribution in [0, 0.1) is 0 Å². The second-order valence-corrected chi connectivity index (χ2v) is 0. The van der Waals surface area contributed by atoms with Crippen molar-refractivity contribution in [3.05, 3.63) is 0 Å². The third-order valence-corrected chi connectivity index (χ3v) is 0. The van der Waals surface area contributed by atoms with E-state index in [0.717, 1.165) is 0 Å². The van der Waals surface area contributed by atoms with Crippen LogP contribution in [0.1, 0.15) is 0 Å². The SMILES string of the molecule is [Ge+4].[Ge+4].[Ge+4].[Ge+4].[Ge+4].[Ge+4].[Ge+4].[K+].[K+].[K+].[O-2].[O-2].[O-2].[O-2].[O-2].[O-2].[O-2].[O-2].[O-2].[O-2].[O-2].[O-2].[O-2].[O-2].[O-2].[OH-]. The maximum Gasteiger partial charge on any atom is 4.00 e. The molecule has 0 saturated carbocycles.